The highest BCUT2D eigenvalue weighted by atomic mass is 19.2. The summed E-state index contributed by atoms with van der Waals surface area (Å²) in [7, 11) is 3.11. The van der Waals surface area contributed by atoms with Gasteiger partial charge in [0.15, 0.2) is 11.6 Å². The van der Waals surface area contributed by atoms with Crippen molar-refractivity contribution < 1.29 is 28.2 Å². The van der Waals surface area contributed by atoms with Crippen LogP contribution in [-0.4, -0.2) is 66.6 Å². The van der Waals surface area contributed by atoms with Gasteiger partial charge in [0.05, 0.1) is 12.5 Å². The normalized spacial score (nSPS) is 26.3. The van der Waals surface area contributed by atoms with Crippen molar-refractivity contribution in [3.63, 3.8) is 0 Å². The van der Waals surface area contributed by atoms with Crippen LogP contribution in [0.15, 0.2) is 12.1 Å². The topological polar surface area (TPSA) is 70.1 Å². The summed E-state index contributed by atoms with van der Waals surface area (Å²) in [5, 5.41) is 9.79. The fourth-order valence-corrected chi connectivity index (χ4v) is 4.23. The van der Waals surface area contributed by atoms with E-state index in [1.807, 2.05) is 11.9 Å². The quantitative estimate of drug-likeness (QED) is 0.884. The number of nitrogens with zero attached hydrogens (tertiary/aromatic N) is 2. The number of aliphatic carboxylic acids is 1. The van der Waals surface area contributed by atoms with Crippen molar-refractivity contribution >= 4 is 11.9 Å². The third-order valence-corrected chi connectivity index (χ3v) is 5.73. The van der Waals surface area contributed by atoms with Gasteiger partial charge < -0.3 is 19.6 Å². The highest BCUT2D eigenvalue weighted by Crippen LogP contribution is 2.42. The Morgan fingerprint density at radius 3 is 2.65 bits per heavy atom. The summed E-state index contributed by atoms with van der Waals surface area (Å²) in [5.74, 6) is -3.96. The number of carboxylic acids is 1. The zero-order valence-corrected chi connectivity index (χ0v) is 14.8. The van der Waals surface area contributed by atoms with Gasteiger partial charge in [-0.05, 0) is 45.0 Å². The number of ether oxygens (including phenoxy) is 1. The molecule has 0 unspecified atom stereocenters. The molecule has 1 aromatic carbocycles. The van der Waals surface area contributed by atoms with E-state index < -0.39 is 34.5 Å². The second kappa shape index (κ2) is 6.83. The summed E-state index contributed by atoms with van der Waals surface area (Å²) in [5.41, 5.74) is -1.36. The number of likely N-dealkylation sites (N-methyl/N-ethyl adjacent to an activating group) is 1. The lowest BCUT2D eigenvalue weighted by Gasteiger charge is -2.51. The van der Waals surface area contributed by atoms with Crippen LogP contribution in [0.2, 0.25) is 0 Å². The molecule has 0 aromatic heterocycles. The molecule has 142 valence electrons. The first-order valence-corrected chi connectivity index (χ1v) is 8.56. The van der Waals surface area contributed by atoms with Crippen LogP contribution in [0.1, 0.15) is 29.6 Å². The second-order valence-electron chi connectivity index (χ2n) is 7.00. The van der Waals surface area contributed by atoms with Crippen LogP contribution in [0.3, 0.4) is 0 Å². The van der Waals surface area contributed by atoms with Gasteiger partial charge in [-0.2, -0.15) is 0 Å². The molecule has 0 radical (unpaired) electrons. The molecule has 2 heterocycles. The number of halogens is 2. The summed E-state index contributed by atoms with van der Waals surface area (Å²) in [6, 6.07) is 1.75. The lowest BCUT2D eigenvalue weighted by molar-refractivity contribution is -0.161. The number of benzene rings is 1. The monoisotopic (exact) mass is 368 g/mol. The van der Waals surface area contributed by atoms with Gasteiger partial charge >= 0.3 is 5.97 Å². The third-order valence-electron chi connectivity index (χ3n) is 5.73. The molecular weight excluding hydrogens is 346 g/mol. The van der Waals surface area contributed by atoms with Gasteiger partial charge in [-0.3, -0.25) is 9.59 Å². The van der Waals surface area contributed by atoms with Gasteiger partial charge in [-0.1, -0.05) is 0 Å². The third kappa shape index (κ3) is 2.82. The molecule has 2 atom stereocenters. The molecule has 0 spiro atoms. The molecule has 0 bridgehead atoms. The maximum atomic E-state index is 14.3. The predicted octanol–water partition coefficient (Wildman–Crippen LogP) is 1.98. The Kier molecular flexibility index (Phi) is 4.88. The molecule has 1 N–H and O–H groups in total. The fourth-order valence-electron chi connectivity index (χ4n) is 4.23. The van der Waals surface area contributed by atoms with E-state index >= 15 is 0 Å². The van der Waals surface area contributed by atoms with Crippen LogP contribution in [0.5, 0.6) is 5.75 Å². The molecule has 2 fully saturated rings. The molecular formula is C18H22F2N2O4. The first-order valence-electron chi connectivity index (χ1n) is 8.56. The first kappa shape index (κ1) is 18.6. The predicted molar refractivity (Wildman–Crippen MR) is 89.2 cm³/mol. The van der Waals surface area contributed by atoms with E-state index in [1.165, 1.54) is 18.1 Å². The molecule has 26 heavy (non-hydrogen) atoms. The van der Waals surface area contributed by atoms with Gasteiger partial charge in [-0.15, -0.1) is 0 Å². The van der Waals surface area contributed by atoms with E-state index in [4.69, 9.17) is 4.74 Å². The molecule has 1 amide bonds. The zero-order valence-electron chi connectivity index (χ0n) is 14.8. The van der Waals surface area contributed by atoms with Gasteiger partial charge in [0.1, 0.15) is 11.3 Å². The van der Waals surface area contributed by atoms with Crippen molar-refractivity contribution in [1.82, 2.24) is 9.80 Å². The number of carbonyl (C=O) groups excluding carboxylic acids is 1. The number of hydrogen-bond donors (Lipinski definition) is 1. The lowest BCUT2D eigenvalue weighted by atomic mass is 9.68. The SMILES string of the molecule is COc1ccc(F)c(F)c1C(=O)N1CC[C@@]2(C(=O)O)CCCN(C)[C@@H]2C1. The number of likely N-dealkylation sites (tertiary alicyclic amines) is 2. The molecule has 8 heteroatoms. The Morgan fingerprint density at radius 1 is 1.27 bits per heavy atom. The van der Waals surface area contributed by atoms with Crippen LogP contribution in [0.25, 0.3) is 0 Å². The van der Waals surface area contributed by atoms with E-state index in [0.29, 0.717) is 6.42 Å². The highest BCUT2D eigenvalue weighted by molar-refractivity contribution is 5.97. The summed E-state index contributed by atoms with van der Waals surface area (Å²) in [6.45, 7) is 1.06. The number of amides is 1. The average Bonchev–Trinajstić information content (AvgIpc) is 2.63. The highest BCUT2D eigenvalue weighted by Gasteiger charge is 2.53. The molecule has 3 rings (SSSR count). The maximum absolute atomic E-state index is 14.3. The Bertz CT molecular complexity index is 742. The number of piperidine rings is 2. The van der Waals surface area contributed by atoms with Crippen molar-refractivity contribution in [3.05, 3.63) is 29.3 Å². The molecule has 0 aliphatic carbocycles. The Labute approximate surface area is 150 Å². The number of fused-ring (bicyclic) bond motifs is 1. The Balaban J connectivity index is 1.92. The van der Waals surface area contributed by atoms with E-state index in [9.17, 15) is 23.5 Å². The number of hydrogen-bond acceptors (Lipinski definition) is 4. The number of rotatable bonds is 3. The molecule has 1 aromatic rings. The average molecular weight is 368 g/mol. The first-order chi connectivity index (χ1) is 12.3. The van der Waals surface area contributed by atoms with Crippen molar-refractivity contribution in [2.75, 3.05) is 33.8 Å². The smallest absolute Gasteiger partial charge is 0.311 e. The van der Waals surface area contributed by atoms with Crippen LogP contribution in [-0.2, 0) is 4.79 Å². The Morgan fingerprint density at radius 2 is 2.00 bits per heavy atom. The molecule has 2 aliphatic heterocycles. The number of carboxylic acid groups (broad SMARTS) is 1. The minimum Gasteiger partial charge on any atom is -0.496 e. The van der Waals surface area contributed by atoms with Gasteiger partial charge in [-0.25, -0.2) is 8.78 Å². The molecule has 2 saturated heterocycles. The van der Waals surface area contributed by atoms with Gasteiger partial charge in [0.2, 0.25) is 0 Å². The Hall–Kier alpha value is -2.22. The number of carbonyl (C=O) groups is 2. The van der Waals surface area contributed by atoms with E-state index in [0.717, 1.165) is 19.0 Å². The standard InChI is InChI=1S/C18H22F2N2O4/c1-21-8-3-6-18(17(24)25)7-9-22(10-13(18)21)16(23)14-12(26-2)5-4-11(19)15(14)20/h4-5,13H,3,6-10H2,1-2H3,(H,24,25)/t13-,18+/m1/s1. The van der Waals surface area contributed by atoms with Crippen LogP contribution >= 0.6 is 0 Å². The lowest BCUT2D eigenvalue weighted by Crippen LogP contribution is -2.63. The van der Waals surface area contributed by atoms with Gasteiger partial charge in [0.25, 0.3) is 5.91 Å². The van der Waals surface area contributed by atoms with Crippen LogP contribution in [0, 0.1) is 17.0 Å². The van der Waals surface area contributed by atoms with Crippen LogP contribution in [0.4, 0.5) is 8.78 Å². The summed E-state index contributed by atoms with van der Waals surface area (Å²) >= 11 is 0. The van der Waals surface area contributed by atoms with E-state index in [2.05, 4.69) is 0 Å². The molecule has 0 saturated carbocycles. The van der Waals surface area contributed by atoms with Crippen molar-refractivity contribution in [2.45, 2.75) is 25.3 Å². The zero-order chi connectivity index (χ0) is 19.1. The van der Waals surface area contributed by atoms with E-state index in [-0.39, 0.29) is 31.3 Å². The number of methoxy groups -OCH3 is 1. The largest absolute Gasteiger partial charge is 0.496 e. The fraction of sp³-hybridized carbons (Fsp3) is 0.556. The van der Waals surface area contributed by atoms with Gasteiger partial charge in [0, 0.05) is 19.1 Å². The van der Waals surface area contributed by atoms with Crippen molar-refractivity contribution in [3.8, 4) is 5.75 Å². The summed E-state index contributed by atoms with van der Waals surface area (Å²) < 4.78 is 32.9. The van der Waals surface area contributed by atoms with E-state index in [1.54, 1.807) is 0 Å². The van der Waals surface area contributed by atoms with Crippen molar-refractivity contribution in [2.24, 2.45) is 5.41 Å². The van der Waals surface area contributed by atoms with Crippen molar-refractivity contribution in [1.29, 1.82) is 0 Å². The molecule has 6 nitrogen and oxygen atoms in total. The van der Waals surface area contributed by atoms with Crippen LogP contribution < -0.4 is 4.74 Å². The minimum absolute atomic E-state index is 0.0408. The molecule has 2 aliphatic rings. The summed E-state index contributed by atoms with van der Waals surface area (Å²) in [6.07, 6.45) is 1.61. The minimum atomic E-state index is -1.25. The second-order valence-corrected chi connectivity index (χ2v) is 7.00. The summed E-state index contributed by atoms with van der Waals surface area (Å²) in [4.78, 5) is 28.2. The maximum Gasteiger partial charge on any atom is 0.311 e.